The Kier molecular flexibility index (Phi) is 6.52. The molecule has 0 atom stereocenters. The molecule has 8 nitrogen and oxygen atoms in total. The molecule has 2 aromatic carbocycles. The molecule has 0 saturated carbocycles. The van der Waals surface area contributed by atoms with Crippen LogP contribution in [-0.4, -0.2) is 21.0 Å². The second-order valence-corrected chi connectivity index (χ2v) is 6.96. The lowest BCUT2D eigenvalue weighted by Gasteiger charge is -2.11. The van der Waals surface area contributed by atoms with E-state index in [-0.39, 0.29) is 0 Å². The summed E-state index contributed by atoms with van der Waals surface area (Å²) in [6, 6.07) is 20.8. The Hall–Kier alpha value is -4.77. The van der Waals surface area contributed by atoms with Gasteiger partial charge in [0.15, 0.2) is 0 Å². The summed E-state index contributed by atoms with van der Waals surface area (Å²) in [4.78, 5) is 25.4. The smallest absolute Gasteiger partial charge is 0.323 e. The highest BCUT2D eigenvalue weighted by molar-refractivity contribution is 5.99. The van der Waals surface area contributed by atoms with E-state index < -0.39 is 6.03 Å². The molecule has 8 heteroatoms. The highest BCUT2D eigenvalue weighted by atomic mass is 16.5. The zero-order chi connectivity index (χ0) is 23.0. The molecule has 0 saturated heterocycles. The zero-order valence-corrected chi connectivity index (χ0v) is 17.8. The number of hydrogen-bond donors (Lipinski definition) is 2. The van der Waals surface area contributed by atoms with Crippen molar-refractivity contribution in [2.24, 2.45) is 0 Å². The highest BCUT2D eigenvalue weighted by Gasteiger charge is 2.11. The summed E-state index contributed by atoms with van der Waals surface area (Å²) in [6.07, 6.45) is 4.11. The second-order valence-electron chi connectivity index (χ2n) is 6.96. The molecule has 0 aliphatic heterocycles. The van der Waals surface area contributed by atoms with Crippen molar-refractivity contribution >= 4 is 17.4 Å². The van der Waals surface area contributed by atoms with Crippen LogP contribution in [0.4, 0.5) is 16.2 Å². The number of nitrogens with one attached hydrogen (secondary N) is 2. The summed E-state index contributed by atoms with van der Waals surface area (Å²) in [6.45, 7) is 2.00. The molecule has 0 radical (unpaired) electrons. The van der Waals surface area contributed by atoms with Crippen LogP contribution in [-0.2, 0) is 6.42 Å². The van der Waals surface area contributed by atoms with Gasteiger partial charge in [0.2, 0.25) is 5.88 Å². The number of pyridine rings is 1. The Balaban J connectivity index is 1.43. The lowest BCUT2D eigenvalue weighted by Crippen LogP contribution is -2.19. The lowest BCUT2D eigenvalue weighted by atomic mass is 10.2. The Morgan fingerprint density at radius 1 is 0.939 bits per heavy atom. The molecule has 0 spiro atoms. The van der Waals surface area contributed by atoms with E-state index in [2.05, 4.69) is 25.6 Å². The van der Waals surface area contributed by atoms with E-state index in [0.717, 1.165) is 23.5 Å². The average molecular weight is 436 g/mol. The maximum Gasteiger partial charge on any atom is 0.323 e. The van der Waals surface area contributed by atoms with Crippen molar-refractivity contribution in [3.8, 4) is 29.0 Å². The molecular weight excluding hydrogens is 416 g/mol. The summed E-state index contributed by atoms with van der Waals surface area (Å²) in [5.74, 6) is 1.74. The Bertz CT molecular complexity index is 1300. The molecule has 0 aliphatic rings. The number of ether oxygens (including phenoxy) is 1. The van der Waals surface area contributed by atoms with E-state index in [9.17, 15) is 4.79 Å². The first kappa shape index (κ1) is 21.5. The SMILES string of the molecule is CCc1nccc(-c2cccnc2Oc2ccc(NC(=O)Nc3ccc(C#N)cc3)cc2)n1. The fraction of sp³-hybridized carbons (Fsp3) is 0.0800. The van der Waals surface area contributed by atoms with Gasteiger partial charge in [-0.2, -0.15) is 5.26 Å². The van der Waals surface area contributed by atoms with Gasteiger partial charge in [0, 0.05) is 30.2 Å². The number of nitriles is 1. The molecular formula is C25H20N6O2. The van der Waals surface area contributed by atoms with Crippen molar-refractivity contribution in [3.05, 3.63) is 90.5 Å². The predicted molar refractivity (Wildman–Crippen MR) is 125 cm³/mol. The quantitative estimate of drug-likeness (QED) is 0.418. The number of urea groups is 1. The van der Waals surface area contributed by atoms with Crippen molar-refractivity contribution in [1.82, 2.24) is 15.0 Å². The van der Waals surface area contributed by atoms with Crippen molar-refractivity contribution in [1.29, 1.82) is 5.26 Å². The van der Waals surface area contributed by atoms with Crippen molar-refractivity contribution in [2.45, 2.75) is 13.3 Å². The van der Waals surface area contributed by atoms with Gasteiger partial charge in [0.05, 0.1) is 22.9 Å². The number of carbonyl (C=O) groups is 1. The van der Waals surface area contributed by atoms with Crippen molar-refractivity contribution in [2.75, 3.05) is 10.6 Å². The first-order valence-electron chi connectivity index (χ1n) is 10.3. The Morgan fingerprint density at radius 3 is 2.30 bits per heavy atom. The van der Waals surface area contributed by atoms with Crippen LogP contribution in [0.1, 0.15) is 18.3 Å². The van der Waals surface area contributed by atoms with Gasteiger partial charge in [0.1, 0.15) is 11.6 Å². The first-order chi connectivity index (χ1) is 16.1. The summed E-state index contributed by atoms with van der Waals surface area (Å²) in [7, 11) is 0. The van der Waals surface area contributed by atoms with Crippen LogP contribution in [0.15, 0.2) is 79.1 Å². The van der Waals surface area contributed by atoms with E-state index in [0.29, 0.717) is 28.6 Å². The van der Waals surface area contributed by atoms with Crippen LogP contribution < -0.4 is 15.4 Å². The minimum atomic E-state index is -0.393. The van der Waals surface area contributed by atoms with Gasteiger partial charge in [-0.05, 0) is 66.7 Å². The van der Waals surface area contributed by atoms with E-state index in [4.69, 9.17) is 10.00 Å². The van der Waals surface area contributed by atoms with E-state index in [1.54, 1.807) is 60.9 Å². The Morgan fingerprint density at radius 2 is 1.64 bits per heavy atom. The van der Waals surface area contributed by atoms with Crippen LogP contribution in [0, 0.1) is 11.3 Å². The number of amides is 2. The third-order valence-corrected chi connectivity index (χ3v) is 4.67. The fourth-order valence-corrected chi connectivity index (χ4v) is 3.03. The number of nitrogens with zero attached hydrogens (tertiary/aromatic N) is 4. The molecule has 2 N–H and O–H groups in total. The maximum atomic E-state index is 12.2. The van der Waals surface area contributed by atoms with Crippen LogP contribution in [0.3, 0.4) is 0 Å². The molecule has 0 fully saturated rings. The van der Waals surface area contributed by atoms with Gasteiger partial charge in [-0.15, -0.1) is 0 Å². The van der Waals surface area contributed by atoms with E-state index in [1.165, 1.54) is 0 Å². The van der Waals surface area contributed by atoms with E-state index >= 15 is 0 Å². The van der Waals surface area contributed by atoms with Crippen molar-refractivity contribution in [3.63, 3.8) is 0 Å². The molecule has 2 amide bonds. The summed E-state index contributed by atoms with van der Waals surface area (Å²) >= 11 is 0. The first-order valence-corrected chi connectivity index (χ1v) is 10.3. The predicted octanol–water partition coefficient (Wildman–Crippen LogP) is 5.41. The highest BCUT2D eigenvalue weighted by Crippen LogP contribution is 2.30. The maximum absolute atomic E-state index is 12.2. The molecule has 0 unspecified atom stereocenters. The molecule has 162 valence electrons. The molecule has 4 aromatic rings. The molecule has 33 heavy (non-hydrogen) atoms. The van der Waals surface area contributed by atoms with Crippen LogP contribution in [0.25, 0.3) is 11.3 Å². The lowest BCUT2D eigenvalue weighted by molar-refractivity contribution is 0.262. The third kappa shape index (κ3) is 5.48. The fourth-order valence-electron chi connectivity index (χ4n) is 3.03. The monoisotopic (exact) mass is 436 g/mol. The van der Waals surface area contributed by atoms with Gasteiger partial charge >= 0.3 is 6.03 Å². The zero-order valence-electron chi connectivity index (χ0n) is 17.8. The van der Waals surface area contributed by atoms with E-state index in [1.807, 2.05) is 31.2 Å². The van der Waals surface area contributed by atoms with Crippen LogP contribution in [0.2, 0.25) is 0 Å². The number of carbonyl (C=O) groups excluding carboxylic acids is 1. The van der Waals surface area contributed by atoms with Crippen LogP contribution in [0.5, 0.6) is 11.6 Å². The normalized spacial score (nSPS) is 10.2. The van der Waals surface area contributed by atoms with Gasteiger partial charge < -0.3 is 15.4 Å². The number of rotatable bonds is 6. The number of hydrogen-bond acceptors (Lipinski definition) is 6. The number of benzene rings is 2. The minimum Gasteiger partial charge on any atom is -0.438 e. The topological polar surface area (TPSA) is 113 Å². The number of anilines is 2. The summed E-state index contributed by atoms with van der Waals surface area (Å²) in [5.41, 5.74) is 3.21. The van der Waals surface area contributed by atoms with Gasteiger partial charge in [-0.3, -0.25) is 0 Å². The minimum absolute atomic E-state index is 0.393. The molecule has 0 bridgehead atoms. The summed E-state index contributed by atoms with van der Waals surface area (Å²) in [5, 5.41) is 14.3. The molecule has 0 aliphatic carbocycles. The van der Waals surface area contributed by atoms with Crippen molar-refractivity contribution < 1.29 is 9.53 Å². The van der Waals surface area contributed by atoms with Gasteiger partial charge in [0.25, 0.3) is 0 Å². The van der Waals surface area contributed by atoms with Crippen LogP contribution >= 0.6 is 0 Å². The Labute approximate surface area is 190 Å². The van der Waals surface area contributed by atoms with Gasteiger partial charge in [-0.25, -0.2) is 19.7 Å². The number of aryl methyl sites for hydroxylation is 1. The van der Waals surface area contributed by atoms with Gasteiger partial charge in [-0.1, -0.05) is 6.92 Å². The third-order valence-electron chi connectivity index (χ3n) is 4.67. The average Bonchev–Trinajstić information content (AvgIpc) is 2.86. The largest absolute Gasteiger partial charge is 0.438 e. The molecule has 4 rings (SSSR count). The second kappa shape index (κ2) is 10.0. The number of aromatic nitrogens is 3. The standard InChI is InChI=1S/C25H20N6O2/c1-2-23-27-15-13-22(31-23)21-4-3-14-28-24(21)33-20-11-9-19(10-12-20)30-25(32)29-18-7-5-17(16-26)6-8-18/h3-15H,2H2,1H3,(H2,29,30,32). The molecule has 2 aromatic heterocycles. The molecule has 2 heterocycles. The summed E-state index contributed by atoms with van der Waals surface area (Å²) < 4.78 is 5.99.